The van der Waals surface area contributed by atoms with Crippen LogP contribution in [0.15, 0.2) is 42.5 Å². The number of piperidine rings is 1. The van der Waals surface area contributed by atoms with Crippen molar-refractivity contribution >= 4 is 11.8 Å². The molecule has 2 aromatic carbocycles. The smallest absolute Gasteiger partial charge is 0.231 e. The van der Waals surface area contributed by atoms with Crippen LogP contribution in [0, 0.1) is 11.7 Å². The zero-order valence-corrected chi connectivity index (χ0v) is 16.0. The highest BCUT2D eigenvalue weighted by atomic mass is 19.1. The maximum Gasteiger partial charge on any atom is 0.231 e. The van der Waals surface area contributed by atoms with Gasteiger partial charge in [-0.3, -0.25) is 9.59 Å². The molecule has 1 N–H and O–H groups in total. The lowest BCUT2D eigenvalue weighted by atomic mass is 9.95. The second-order valence-electron chi connectivity index (χ2n) is 7.37. The number of carbonyl (C=O) groups is 2. The molecule has 2 aliphatic rings. The highest BCUT2D eigenvalue weighted by Gasteiger charge is 2.27. The van der Waals surface area contributed by atoms with E-state index in [4.69, 9.17) is 9.47 Å². The Kier molecular flexibility index (Phi) is 5.64. The Morgan fingerprint density at radius 1 is 1.03 bits per heavy atom. The molecule has 0 aromatic heterocycles. The minimum absolute atomic E-state index is 0.0000961. The minimum atomic E-state index is -0.340. The summed E-state index contributed by atoms with van der Waals surface area (Å²) >= 11 is 0. The van der Waals surface area contributed by atoms with E-state index in [1.807, 2.05) is 18.2 Å². The van der Waals surface area contributed by atoms with Gasteiger partial charge in [-0.2, -0.15) is 0 Å². The number of hydrogen-bond acceptors (Lipinski definition) is 4. The summed E-state index contributed by atoms with van der Waals surface area (Å²) < 4.78 is 23.9. The summed E-state index contributed by atoms with van der Waals surface area (Å²) in [5, 5.41) is 2.97. The van der Waals surface area contributed by atoms with Crippen LogP contribution in [0.25, 0.3) is 0 Å². The molecule has 2 heterocycles. The number of nitrogens with one attached hydrogen (secondary N) is 1. The summed E-state index contributed by atoms with van der Waals surface area (Å²) in [7, 11) is 0. The van der Waals surface area contributed by atoms with E-state index in [1.165, 1.54) is 12.1 Å². The number of nitrogens with zero attached hydrogens (tertiary/aromatic N) is 1. The van der Waals surface area contributed by atoms with E-state index in [1.54, 1.807) is 17.0 Å². The first-order valence-electron chi connectivity index (χ1n) is 9.77. The Bertz CT molecular complexity index is 909. The molecule has 2 amide bonds. The molecule has 2 aromatic rings. The van der Waals surface area contributed by atoms with Crippen LogP contribution in [0.3, 0.4) is 0 Å². The van der Waals surface area contributed by atoms with Gasteiger partial charge in [0, 0.05) is 25.6 Å². The number of halogens is 1. The largest absolute Gasteiger partial charge is 0.454 e. The molecule has 2 aliphatic heterocycles. The molecule has 0 saturated carbocycles. The summed E-state index contributed by atoms with van der Waals surface area (Å²) in [6.45, 7) is 1.72. The van der Waals surface area contributed by atoms with Crippen LogP contribution >= 0.6 is 0 Å². The van der Waals surface area contributed by atoms with Gasteiger partial charge in [0.2, 0.25) is 18.6 Å². The molecule has 0 unspecified atom stereocenters. The van der Waals surface area contributed by atoms with Gasteiger partial charge >= 0.3 is 0 Å². The topological polar surface area (TPSA) is 67.9 Å². The number of hydrogen-bond donors (Lipinski definition) is 1. The van der Waals surface area contributed by atoms with Gasteiger partial charge in [-0.15, -0.1) is 0 Å². The van der Waals surface area contributed by atoms with Crippen molar-refractivity contribution < 1.29 is 23.5 Å². The second kappa shape index (κ2) is 8.51. The first-order chi connectivity index (χ1) is 14.1. The Hall–Kier alpha value is -3.09. The van der Waals surface area contributed by atoms with E-state index < -0.39 is 0 Å². The zero-order valence-electron chi connectivity index (χ0n) is 16.0. The molecule has 0 bridgehead atoms. The highest BCUT2D eigenvalue weighted by Crippen LogP contribution is 2.32. The van der Waals surface area contributed by atoms with Crippen molar-refractivity contribution in [2.75, 3.05) is 19.9 Å². The quantitative estimate of drug-likeness (QED) is 0.841. The molecule has 29 heavy (non-hydrogen) atoms. The van der Waals surface area contributed by atoms with E-state index in [2.05, 4.69) is 5.32 Å². The fourth-order valence-electron chi connectivity index (χ4n) is 3.71. The third-order valence-electron chi connectivity index (χ3n) is 5.37. The molecule has 0 spiro atoms. The van der Waals surface area contributed by atoms with E-state index >= 15 is 0 Å². The number of fused-ring (bicyclic) bond motifs is 1. The van der Waals surface area contributed by atoms with Crippen LogP contribution in [0.4, 0.5) is 4.39 Å². The number of carbonyl (C=O) groups excluding carboxylic acids is 2. The highest BCUT2D eigenvalue weighted by molar-refractivity contribution is 5.81. The van der Waals surface area contributed by atoms with Gasteiger partial charge in [-0.1, -0.05) is 18.2 Å². The fraction of sp³-hybridized carbons (Fsp3) is 0.364. The Morgan fingerprint density at radius 2 is 1.83 bits per heavy atom. The monoisotopic (exact) mass is 398 g/mol. The molecule has 0 atom stereocenters. The second-order valence-corrected chi connectivity index (χ2v) is 7.37. The van der Waals surface area contributed by atoms with Gasteiger partial charge in [0.25, 0.3) is 0 Å². The van der Waals surface area contributed by atoms with Gasteiger partial charge in [0.05, 0.1) is 6.42 Å². The molecule has 1 fully saturated rings. The molecule has 6 nitrogen and oxygen atoms in total. The minimum Gasteiger partial charge on any atom is -0.454 e. The third kappa shape index (κ3) is 4.67. The molecule has 0 aliphatic carbocycles. The summed E-state index contributed by atoms with van der Waals surface area (Å²) in [6, 6.07) is 11.7. The molecular weight excluding hydrogens is 375 g/mol. The van der Waals surface area contributed by atoms with Gasteiger partial charge in [0.1, 0.15) is 5.82 Å². The van der Waals surface area contributed by atoms with Crippen molar-refractivity contribution in [2.45, 2.75) is 25.8 Å². The van der Waals surface area contributed by atoms with Gasteiger partial charge in [-0.05, 0) is 48.2 Å². The standard InChI is InChI=1S/C22H23FN2O4/c23-18-3-1-2-15(10-18)12-21(26)25-8-6-17(7-9-25)22(27)24-13-16-4-5-19-20(11-16)29-14-28-19/h1-5,10-11,17H,6-9,12-14H2,(H,24,27). The van der Waals surface area contributed by atoms with Crippen LogP contribution < -0.4 is 14.8 Å². The van der Waals surface area contributed by atoms with Crippen molar-refractivity contribution in [1.82, 2.24) is 10.2 Å². The average Bonchev–Trinajstić information content (AvgIpc) is 3.20. The van der Waals surface area contributed by atoms with Crippen LogP contribution in [-0.4, -0.2) is 36.6 Å². The Morgan fingerprint density at radius 3 is 2.62 bits per heavy atom. The summed E-state index contributed by atoms with van der Waals surface area (Å²) in [5.74, 6) is 0.933. The maximum atomic E-state index is 13.3. The van der Waals surface area contributed by atoms with E-state index in [0.29, 0.717) is 43.8 Å². The van der Waals surface area contributed by atoms with Crippen LogP contribution in [-0.2, 0) is 22.6 Å². The van der Waals surface area contributed by atoms with Gasteiger partial charge in [-0.25, -0.2) is 4.39 Å². The Labute approximate surface area is 168 Å². The third-order valence-corrected chi connectivity index (χ3v) is 5.37. The van der Waals surface area contributed by atoms with Crippen molar-refractivity contribution in [3.05, 3.63) is 59.4 Å². The lowest BCUT2D eigenvalue weighted by Crippen LogP contribution is -2.43. The first kappa shape index (κ1) is 19.2. The number of amides is 2. The predicted octanol–water partition coefficient (Wildman–Crippen LogP) is 2.65. The van der Waals surface area contributed by atoms with Crippen LogP contribution in [0.2, 0.25) is 0 Å². The predicted molar refractivity (Wildman–Crippen MR) is 104 cm³/mol. The summed E-state index contributed by atoms with van der Waals surface area (Å²) in [4.78, 5) is 26.7. The molecule has 7 heteroatoms. The van der Waals surface area contributed by atoms with Crippen LogP contribution in [0.5, 0.6) is 11.5 Å². The van der Waals surface area contributed by atoms with E-state index in [-0.39, 0.29) is 36.8 Å². The van der Waals surface area contributed by atoms with Crippen molar-refractivity contribution in [3.8, 4) is 11.5 Å². The lowest BCUT2D eigenvalue weighted by Gasteiger charge is -2.31. The lowest BCUT2D eigenvalue weighted by molar-refractivity contribution is -0.135. The van der Waals surface area contributed by atoms with Crippen molar-refractivity contribution in [1.29, 1.82) is 0 Å². The number of ether oxygens (including phenoxy) is 2. The van der Waals surface area contributed by atoms with Crippen molar-refractivity contribution in [2.24, 2.45) is 5.92 Å². The molecule has 1 saturated heterocycles. The summed E-state index contributed by atoms with van der Waals surface area (Å²) in [6.07, 6.45) is 1.43. The molecule has 0 radical (unpaired) electrons. The zero-order chi connectivity index (χ0) is 20.2. The maximum absolute atomic E-state index is 13.3. The average molecular weight is 398 g/mol. The van der Waals surface area contributed by atoms with Gasteiger partial charge in [0.15, 0.2) is 11.5 Å². The number of rotatable bonds is 5. The molecule has 4 rings (SSSR count). The SMILES string of the molecule is O=C(NCc1ccc2c(c1)OCO2)C1CCN(C(=O)Cc2cccc(F)c2)CC1. The van der Waals surface area contributed by atoms with E-state index in [9.17, 15) is 14.0 Å². The normalized spacial score (nSPS) is 16.0. The Balaban J connectivity index is 1.23. The van der Waals surface area contributed by atoms with Crippen LogP contribution in [0.1, 0.15) is 24.0 Å². The number of likely N-dealkylation sites (tertiary alicyclic amines) is 1. The number of benzene rings is 2. The molecule has 152 valence electrons. The summed E-state index contributed by atoms with van der Waals surface area (Å²) in [5.41, 5.74) is 1.61. The fourth-order valence-corrected chi connectivity index (χ4v) is 3.71. The molecular formula is C22H23FN2O4. The van der Waals surface area contributed by atoms with Crippen molar-refractivity contribution in [3.63, 3.8) is 0 Å². The van der Waals surface area contributed by atoms with Gasteiger partial charge < -0.3 is 19.7 Å². The van der Waals surface area contributed by atoms with E-state index in [0.717, 1.165) is 11.3 Å². The first-order valence-corrected chi connectivity index (χ1v) is 9.77.